The third-order valence-corrected chi connectivity index (χ3v) is 5.32. The molecule has 0 saturated carbocycles. The lowest BCUT2D eigenvalue weighted by molar-refractivity contribution is -0.150. The van der Waals surface area contributed by atoms with E-state index in [9.17, 15) is 9.59 Å². The monoisotopic (exact) mass is 470 g/mol. The second-order valence-corrected chi connectivity index (χ2v) is 8.22. The molecule has 2 aromatic rings. The number of carbonyl (C=O) groups is 2. The van der Waals surface area contributed by atoms with Crippen molar-refractivity contribution < 1.29 is 28.5 Å². The lowest BCUT2D eigenvalue weighted by atomic mass is 10.1. The van der Waals surface area contributed by atoms with E-state index in [0.29, 0.717) is 30.3 Å². The molecule has 0 fully saturated rings. The Labute approximate surface area is 203 Å². The minimum atomic E-state index is -0.718. The van der Waals surface area contributed by atoms with Gasteiger partial charge in [-0.1, -0.05) is 51.9 Å². The first-order valence-electron chi connectivity index (χ1n) is 12.4. The molecule has 0 amide bonds. The van der Waals surface area contributed by atoms with E-state index in [1.165, 1.54) is 44.9 Å². The number of rotatable bonds is 16. The maximum atomic E-state index is 12.4. The molecular formula is C28H38O6. The van der Waals surface area contributed by atoms with Gasteiger partial charge in [0, 0.05) is 0 Å². The van der Waals surface area contributed by atoms with Gasteiger partial charge in [-0.25, -0.2) is 9.59 Å². The first kappa shape index (κ1) is 27.2. The molecule has 1 unspecified atom stereocenters. The van der Waals surface area contributed by atoms with Crippen LogP contribution in [0.5, 0.6) is 17.2 Å². The lowest BCUT2D eigenvalue weighted by Crippen LogP contribution is -2.26. The van der Waals surface area contributed by atoms with Gasteiger partial charge in [-0.15, -0.1) is 0 Å². The zero-order chi connectivity index (χ0) is 24.6. The Morgan fingerprint density at radius 2 is 1.29 bits per heavy atom. The van der Waals surface area contributed by atoms with Gasteiger partial charge in [-0.3, -0.25) is 0 Å². The van der Waals surface area contributed by atoms with Crippen molar-refractivity contribution in [3.63, 3.8) is 0 Å². The smallest absolute Gasteiger partial charge is 0.347 e. The number of hydrogen-bond donors (Lipinski definition) is 0. The van der Waals surface area contributed by atoms with Crippen molar-refractivity contribution in [2.24, 2.45) is 0 Å². The topological polar surface area (TPSA) is 71.1 Å². The van der Waals surface area contributed by atoms with Crippen molar-refractivity contribution in [2.75, 3.05) is 13.2 Å². The van der Waals surface area contributed by atoms with Crippen LogP contribution in [0.25, 0.3) is 0 Å². The molecule has 0 N–H and O–H groups in total. The predicted octanol–water partition coefficient (Wildman–Crippen LogP) is 6.76. The Balaban J connectivity index is 1.70. The molecule has 0 aromatic heterocycles. The lowest BCUT2D eigenvalue weighted by Gasteiger charge is -2.13. The van der Waals surface area contributed by atoms with Crippen molar-refractivity contribution >= 4 is 11.9 Å². The first-order chi connectivity index (χ1) is 16.5. The second-order valence-electron chi connectivity index (χ2n) is 8.22. The number of ether oxygens (including phenoxy) is 4. The third kappa shape index (κ3) is 10.3. The summed E-state index contributed by atoms with van der Waals surface area (Å²) in [6.45, 7) is 6.58. The van der Waals surface area contributed by atoms with Crippen molar-refractivity contribution in [1.29, 1.82) is 0 Å². The Hall–Kier alpha value is -3.02. The molecule has 2 rings (SSSR count). The van der Waals surface area contributed by atoms with E-state index in [2.05, 4.69) is 6.92 Å². The van der Waals surface area contributed by atoms with Gasteiger partial charge in [0.25, 0.3) is 0 Å². The molecule has 0 aliphatic heterocycles. The van der Waals surface area contributed by atoms with Gasteiger partial charge in [0.05, 0.1) is 18.8 Å². The summed E-state index contributed by atoms with van der Waals surface area (Å²) < 4.78 is 21.7. The maximum Gasteiger partial charge on any atom is 0.347 e. The zero-order valence-corrected chi connectivity index (χ0v) is 20.7. The summed E-state index contributed by atoms with van der Waals surface area (Å²) in [6.07, 6.45) is 9.37. The second kappa shape index (κ2) is 15.8. The van der Waals surface area contributed by atoms with Crippen molar-refractivity contribution in [3.05, 3.63) is 54.1 Å². The fourth-order valence-electron chi connectivity index (χ4n) is 3.38. The van der Waals surface area contributed by atoms with Gasteiger partial charge < -0.3 is 18.9 Å². The highest BCUT2D eigenvalue weighted by Gasteiger charge is 2.16. The summed E-state index contributed by atoms with van der Waals surface area (Å²) in [4.78, 5) is 24.1. The Morgan fingerprint density at radius 1 is 0.735 bits per heavy atom. The van der Waals surface area contributed by atoms with Crippen LogP contribution in [0.2, 0.25) is 0 Å². The molecule has 0 aliphatic rings. The molecule has 186 valence electrons. The fraction of sp³-hybridized carbons (Fsp3) is 0.500. The van der Waals surface area contributed by atoms with Crippen LogP contribution in [-0.2, 0) is 9.53 Å². The highest BCUT2D eigenvalue weighted by atomic mass is 16.6. The van der Waals surface area contributed by atoms with Crippen LogP contribution in [0, 0.1) is 0 Å². The van der Waals surface area contributed by atoms with Gasteiger partial charge >= 0.3 is 11.9 Å². The molecule has 2 aromatic carbocycles. The molecule has 0 bridgehead atoms. The molecule has 6 nitrogen and oxygen atoms in total. The number of carbonyl (C=O) groups excluding carboxylic acids is 2. The van der Waals surface area contributed by atoms with Gasteiger partial charge in [0.1, 0.15) is 17.2 Å². The van der Waals surface area contributed by atoms with Gasteiger partial charge in [-0.05, 0) is 68.8 Å². The van der Waals surface area contributed by atoms with E-state index in [1.54, 1.807) is 62.4 Å². The van der Waals surface area contributed by atoms with Crippen LogP contribution in [-0.4, -0.2) is 31.3 Å². The van der Waals surface area contributed by atoms with Gasteiger partial charge in [0.2, 0.25) is 0 Å². The molecule has 0 saturated heterocycles. The fourth-order valence-corrected chi connectivity index (χ4v) is 3.38. The molecular weight excluding hydrogens is 432 g/mol. The standard InChI is InChI=1S/C28H38O6/c1-4-6-7-8-9-10-11-12-21-32-24-15-13-23(14-16-24)28(30)34-26-19-17-25(18-20-26)33-22(3)27(29)31-5-2/h13-20,22H,4-12,21H2,1-3H3. The van der Waals surface area contributed by atoms with Crippen LogP contribution in [0.4, 0.5) is 0 Å². The zero-order valence-electron chi connectivity index (χ0n) is 20.7. The number of hydrogen-bond acceptors (Lipinski definition) is 6. The van der Waals surface area contributed by atoms with E-state index in [-0.39, 0.29) is 0 Å². The summed E-state index contributed by atoms with van der Waals surface area (Å²) >= 11 is 0. The molecule has 34 heavy (non-hydrogen) atoms. The van der Waals surface area contributed by atoms with E-state index in [0.717, 1.165) is 12.2 Å². The van der Waals surface area contributed by atoms with E-state index < -0.39 is 18.0 Å². The largest absolute Gasteiger partial charge is 0.494 e. The Bertz CT molecular complexity index is 844. The average Bonchev–Trinajstić information content (AvgIpc) is 2.84. The summed E-state index contributed by atoms with van der Waals surface area (Å²) in [7, 11) is 0. The summed E-state index contributed by atoms with van der Waals surface area (Å²) in [5, 5.41) is 0. The Morgan fingerprint density at radius 3 is 1.91 bits per heavy atom. The van der Waals surface area contributed by atoms with Gasteiger partial charge in [-0.2, -0.15) is 0 Å². The quantitative estimate of drug-likeness (QED) is 0.153. The van der Waals surface area contributed by atoms with E-state index in [1.807, 2.05) is 0 Å². The minimum absolute atomic E-state index is 0.299. The van der Waals surface area contributed by atoms with Crippen LogP contribution in [0.3, 0.4) is 0 Å². The highest BCUT2D eigenvalue weighted by molar-refractivity contribution is 5.91. The number of esters is 2. The molecule has 6 heteroatoms. The summed E-state index contributed by atoms with van der Waals surface area (Å²) in [5.74, 6) is 0.734. The average molecular weight is 471 g/mol. The first-order valence-corrected chi connectivity index (χ1v) is 12.4. The number of unbranched alkanes of at least 4 members (excludes halogenated alkanes) is 7. The SMILES string of the molecule is CCCCCCCCCCOc1ccc(C(=O)Oc2ccc(OC(C)C(=O)OCC)cc2)cc1. The van der Waals surface area contributed by atoms with Crippen LogP contribution >= 0.6 is 0 Å². The van der Waals surface area contributed by atoms with Crippen LogP contribution in [0.1, 0.15) is 82.5 Å². The maximum absolute atomic E-state index is 12.4. The molecule has 0 aliphatic carbocycles. The van der Waals surface area contributed by atoms with E-state index >= 15 is 0 Å². The molecule has 0 heterocycles. The molecule has 0 spiro atoms. The van der Waals surface area contributed by atoms with Crippen molar-refractivity contribution in [2.45, 2.75) is 78.2 Å². The predicted molar refractivity (Wildman–Crippen MR) is 133 cm³/mol. The van der Waals surface area contributed by atoms with Gasteiger partial charge in [0.15, 0.2) is 6.10 Å². The summed E-state index contributed by atoms with van der Waals surface area (Å²) in [5.41, 5.74) is 0.440. The third-order valence-electron chi connectivity index (χ3n) is 5.32. The summed E-state index contributed by atoms with van der Waals surface area (Å²) in [6, 6.07) is 13.5. The molecule has 1 atom stereocenters. The Kier molecular flexibility index (Phi) is 12.6. The van der Waals surface area contributed by atoms with Crippen LogP contribution < -0.4 is 14.2 Å². The van der Waals surface area contributed by atoms with Crippen molar-refractivity contribution in [1.82, 2.24) is 0 Å². The van der Waals surface area contributed by atoms with E-state index in [4.69, 9.17) is 18.9 Å². The van der Waals surface area contributed by atoms with Crippen molar-refractivity contribution in [3.8, 4) is 17.2 Å². The minimum Gasteiger partial charge on any atom is -0.494 e. The normalized spacial score (nSPS) is 11.5. The van der Waals surface area contributed by atoms with Crippen LogP contribution in [0.15, 0.2) is 48.5 Å². The number of benzene rings is 2. The molecule has 0 radical (unpaired) electrons. The highest BCUT2D eigenvalue weighted by Crippen LogP contribution is 2.21.